The maximum atomic E-state index is 6.44. The van der Waals surface area contributed by atoms with Gasteiger partial charge >= 0.3 is 0 Å². The Kier molecular flexibility index (Phi) is 4.92. The van der Waals surface area contributed by atoms with E-state index in [-0.39, 0.29) is 12.1 Å². The summed E-state index contributed by atoms with van der Waals surface area (Å²) in [5, 5.41) is 9.06. The SMILES string of the molecule is CCCC1COC(c2ccc(Cl)cc2Cl)(C(C)n2ccnn2)O1. The molecule has 2 heterocycles. The monoisotopic (exact) mass is 355 g/mol. The van der Waals surface area contributed by atoms with Crippen LogP contribution >= 0.6 is 23.2 Å². The zero-order chi connectivity index (χ0) is 16.4. The minimum atomic E-state index is -1.00. The average molecular weight is 356 g/mol. The number of ether oxygens (including phenoxy) is 2. The molecule has 3 atom stereocenters. The first-order valence-corrected chi connectivity index (χ1v) is 8.45. The van der Waals surface area contributed by atoms with E-state index in [2.05, 4.69) is 17.2 Å². The summed E-state index contributed by atoms with van der Waals surface area (Å²) in [4.78, 5) is 0. The Morgan fingerprint density at radius 3 is 2.91 bits per heavy atom. The van der Waals surface area contributed by atoms with Crippen LogP contribution in [0.4, 0.5) is 0 Å². The van der Waals surface area contributed by atoms with Crippen molar-refractivity contribution in [2.75, 3.05) is 6.61 Å². The minimum Gasteiger partial charge on any atom is -0.341 e. The zero-order valence-electron chi connectivity index (χ0n) is 13.1. The fourth-order valence-electron chi connectivity index (χ4n) is 2.95. The van der Waals surface area contributed by atoms with Crippen molar-refractivity contribution in [2.24, 2.45) is 0 Å². The third kappa shape index (κ3) is 3.11. The van der Waals surface area contributed by atoms with Crippen molar-refractivity contribution < 1.29 is 9.47 Å². The molecule has 1 aromatic carbocycles. The Hall–Kier alpha value is -1.14. The molecule has 0 bridgehead atoms. The van der Waals surface area contributed by atoms with Crippen molar-refractivity contribution in [1.29, 1.82) is 0 Å². The van der Waals surface area contributed by atoms with Gasteiger partial charge in [-0.25, -0.2) is 4.68 Å². The third-order valence-electron chi connectivity index (χ3n) is 4.13. The smallest absolute Gasteiger partial charge is 0.219 e. The average Bonchev–Trinajstić information content (AvgIpc) is 3.17. The highest BCUT2D eigenvalue weighted by Crippen LogP contribution is 2.46. The number of hydrogen-bond acceptors (Lipinski definition) is 4. The molecule has 1 aromatic heterocycles. The molecule has 1 aliphatic rings. The van der Waals surface area contributed by atoms with Crippen molar-refractivity contribution >= 4 is 23.2 Å². The van der Waals surface area contributed by atoms with Crippen molar-refractivity contribution in [3.05, 3.63) is 46.2 Å². The summed E-state index contributed by atoms with van der Waals surface area (Å²) in [6.45, 7) is 4.62. The molecular weight excluding hydrogens is 337 g/mol. The van der Waals surface area contributed by atoms with Gasteiger partial charge in [-0.05, 0) is 25.5 Å². The third-order valence-corrected chi connectivity index (χ3v) is 4.68. The van der Waals surface area contributed by atoms with Gasteiger partial charge in [0.2, 0.25) is 5.79 Å². The van der Waals surface area contributed by atoms with E-state index in [9.17, 15) is 0 Å². The second kappa shape index (κ2) is 6.77. The molecule has 2 aromatic rings. The molecule has 0 radical (unpaired) electrons. The molecule has 1 saturated heterocycles. The van der Waals surface area contributed by atoms with Crippen LogP contribution in [0.2, 0.25) is 10.0 Å². The summed E-state index contributed by atoms with van der Waals surface area (Å²) in [6.07, 6.45) is 5.40. The first-order valence-electron chi connectivity index (χ1n) is 7.70. The van der Waals surface area contributed by atoms with Crippen molar-refractivity contribution in [1.82, 2.24) is 15.0 Å². The van der Waals surface area contributed by atoms with E-state index in [1.807, 2.05) is 13.0 Å². The Morgan fingerprint density at radius 2 is 2.26 bits per heavy atom. The van der Waals surface area contributed by atoms with E-state index < -0.39 is 5.79 Å². The molecule has 7 heteroatoms. The highest BCUT2D eigenvalue weighted by Gasteiger charge is 2.49. The van der Waals surface area contributed by atoms with Gasteiger partial charge in [-0.15, -0.1) is 5.10 Å². The largest absolute Gasteiger partial charge is 0.341 e. The summed E-state index contributed by atoms with van der Waals surface area (Å²) in [7, 11) is 0. The standard InChI is InChI=1S/C16H19Cl2N3O2/c1-3-4-13-10-22-16(23-13,11(2)21-8-7-19-20-21)14-6-5-12(17)9-15(14)18/h5-9,11,13H,3-4,10H2,1-2H3. The summed E-state index contributed by atoms with van der Waals surface area (Å²) in [5.41, 5.74) is 0.755. The lowest BCUT2D eigenvalue weighted by atomic mass is 9.98. The highest BCUT2D eigenvalue weighted by atomic mass is 35.5. The molecule has 124 valence electrons. The van der Waals surface area contributed by atoms with E-state index in [4.69, 9.17) is 32.7 Å². The van der Waals surface area contributed by atoms with Crippen LogP contribution in [-0.4, -0.2) is 27.7 Å². The normalized spacial score (nSPS) is 25.7. The molecular formula is C16H19Cl2N3O2. The lowest BCUT2D eigenvalue weighted by Crippen LogP contribution is -2.38. The number of halogens is 2. The van der Waals surface area contributed by atoms with Gasteiger partial charge in [0, 0.05) is 16.8 Å². The molecule has 0 saturated carbocycles. The van der Waals surface area contributed by atoms with Crippen LogP contribution in [0.3, 0.4) is 0 Å². The number of rotatable bonds is 5. The number of aromatic nitrogens is 3. The predicted molar refractivity (Wildman–Crippen MR) is 88.6 cm³/mol. The van der Waals surface area contributed by atoms with Crippen LogP contribution in [-0.2, 0) is 15.3 Å². The molecule has 0 N–H and O–H groups in total. The first kappa shape index (κ1) is 16.7. The van der Waals surface area contributed by atoms with Crippen LogP contribution in [0.1, 0.15) is 38.3 Å². The number of hydrogen-bond donors (Lipinski definition) is 0. The lowest BCUT2D eigenvalue weighted by molar-refractivity contribution is -0.208. The van der Waals surface area contributed by atoms with Crippen LogP contribution < -0.4 is 0 Å². The first-order chi connectivity index (χ1) is 11.1. The van der Waals surface area contributed by atoms with Gasteiger partial charge in [0.15, 0.2) is 0 Å². The molecule has 0 spiro atoms. The summed E-state index contributed by atoms with van der Waals surface area (Å²) < 4.78 is 14.2. The Balaban J connectivity index is 2.04. The predicted octanol–water partition coefficient (Wildman–Crippen LogP) is 4.21. The van der Waals surface area contributed by atoms with Crippen LogP contribution in [0.15, 0.2) is 30.6 Å². The molecule has 23 heavy (non-hydrogen) atoms. The Morgan fingerprint density at radius 1 is 1.43 bits per heavy atom. The molecule has 3 rings (SSSR count). The second-order valence-electron chi connectivity index (χ2n) is 5.69. The quantitative estimate of drug-likeness (QED) is 0.805. The molecule has 1 aliphatic heterocycles. The molecule has 5 nitrogen and oxygen atoms in total. The van der Waals surface area contributed by atoms with Gasteiger partial charge in [-0.3, -0.25) is 0 Å². The highest BCUT2D eigenvalue weighted by molar-refractivity contribution is 6.35. The van der Waals surface area contributed by atoms with Crippen LogP contribution in [0.5, 0.6) is 0 Å². The van der Waals surface area contributed by atoms with Gasteiger partial charge in [-0.1, -0.05) is 47.8 Å². The van der Waals surface area contributed by atoms with Crippen molar-refractivity contribution in [2.45, 2.75) is 44.6 Å². The Labute approximate surface area is 145 Å². The summed E-state index contributed by atoms with van der Waals surface area (Å²) >= 11 is 12.5. The maximum Gasteiger partial charge on any atom is 0.219 e. The summed E-state index contributed by atoms with van der Waals surface area (Å²) in [5.74, 6) is -1.00. The van der Waals surface area contributed by atoms with Crippen LogP contribution in [0, 0.1) is 0 Å². The molecule has 1 fully saturated rings. The summed E-state index contributed by atoms with van der Waals surface area (Å²) in [6, 6.07) is 5.12. The van der Waals surface area contributed by atoms with Crippen LogP contribution in [0.25, 0.3) is 0 Å². The van der Waals surface area contributed by atoms with Gasteiger partial charge < -0.3 is 9.47 Å². The number of benzene rings is 1. The van der Waals surface area contributed by atoms with E-state index >= 15 is 0 Å². The second-order valence-corrected chi connectivity index (χ2v) is 6.53. The zero-order valence-corrected chi connectivity index (χ0v) is 14.6. The van der Waals surface area contributed by atoms with E-state index in [0.29, 0.717) is 16.7 Å². The maximum absolute atomic E-state index is 6.44. The fourth-order valence-corrected chi connectivity index (χ4v) is 3.49. The van der Waals surface area contributed by atoms with Crippen molar-refractivity contribution in [3.8, 4) is 0 Å². The topological polar surface area (TPSA) is 49.2 Å². The number of nitrogens with zero attached hydrogens (tertiary/aromatic N) is 3. The molecule has 3 unspecified atom stereocenters. The van der Waals surface area contributed by atoms with Gasteiger partial charge in [0.05, 0.1) is 23.9 Å². The minimum absolute atomic E-state index is 0.0257. The molecule has 0 amide bonds. The van der Waals surface area contributed by atoms with Gasteiger partial charge in [-0.2, -0.15) is 0 Å². The van der Waals surface area contributed by atoms with Gasteiger partial charge in [0.1, 0.15) is 6.04 Å². The van der Waals surface area contributed by atoms with Crippen molar-refractivity contribution in [3.63, 3.8) is 0 Å². The van der Waals surface area contributed by atoms with E-state index in [1.165, 1.54) is 0 Å². The van der Waals surface area contributed by atoms with Gasteiger partial charge in [0.25, 0.3) is 0 Å². The lowest BCUT2D eigenvalue weighted by Gasteiger charge is -2.34. The Bertz CT molecular complexity index is 665. The fraction of sp³-hybridized carbons (Fsp3) is 0.500. The van der Waals surface area contributed by atoms with E-state index in [0.717, 1.165) is 18.4 Å². The molecule has 0 aliphatic carbocycles. The van der Waals surface area contributed by atoms with E-state index in [1.54, 1.807) is 29.2 Å².